The molecule has 1 aliphatic rings. The van der Waals surface area contributed by atoms with Gasteiger partial charge in [-0.3, -0.25) is 0 Å². The number of halogens is 3. The predicted molar refractivity (Wildman–Crippen MR) is 83.1 cm³/mol. The van der Waals surface area contributed by atoms with Crippen molar-refractivity contribution in [3.63, 3.8) is 0 Å². The fourth-order valence-electron chi connectivity index (χ4n) is 2.56. The summed E-state index contributed by atoms with van der Waals surface area (Å²) in [5.41, 5.74) is -1.15. The summed E-state index contributed by atoms with van der Waals surface area (Å²) in [4.78, 5) is 13.7. The predicted octanol–water partition coefficient (Wildman–Crippen LogP) is 3.18. The van der Waals surface area contributed by atoms with E-state index in [2.05, 4.69) is 15.5 Å². The van der Waals surface area contributed by atoms with Gasteiger partial charge in [-0.05, 0) is 18.2 Å². The summed E-state index contributed by atoms with van der Waals surface area (Å²) in [6, 6.07) is 7.60. The summed E-state index contributed by atoms with van der Waals surface area (Å²) >= 11 is 0. The Kier molecular flexibility index (Phi) is 4.73. The van der Waals surface area contributed by atoms with E-state index in [9.17, 15) is 18.0 Å². The molecule has 0 radical (unpaired) electrons. The second-order valence-corrected chi connectivity index (χ2v) is 5.51. The van der Waals surface area contributed by atoms with Gasteiger partial charge >= 0.3 is 12.2 Å². The Hall–Kier alpha value is -2.84. The number of nitrogens with zero attached hydrogens (tertiary/aromatic N) is 3. The second kappa shape index (κ2) is 6.96. The van der Waals surface area contributed by atoms with Crippen LogP contribution in [0.3, 0.4) is 0 Å². The average Bonchev–Trinajstić information content (AvgIpc) is 3.04. The summed E-state index contributed by atoms with van der Waals surface area (Å²) in [6.07, 6.45) is -2.74. The average molecular weight is 352 g/mol. The topological polar surface area (TPSA) is 67.4 Å². The van der Waals surface area contributed by atoms with Crippen LogP contribution in [-0.4, -0.2) is 40.3 Å². The lowest BCUT2D eigenvalue weighted by Crippen LogP contribution is -2.35. The Morgan fingerprint density at radius 1 is 1.24 bits per heavy atom. The standard InChI is InChI=1S/C16H15F3N4O2/c17-16(18,19)12-4-1-2-5-13(12)21-15(24)23-9-7-11(10-23)25-14-6-3-8-20-22-14/h1-6,8,11H,7,9-10H2,(H,21,24). The maximum Gasteiger partial charge on any atom is 0.418 e. The zero-order valence-electron chi connectivity index (χ0n) is 13.0. The van der Waals surface area contributed by atoms with Crippen LogP contribution in [-0.2, 0) is 6.18 Å². The van der Waals surface area contributed by atoms with E-state index in [1.54, 1.807) is 12.1 Å². The molecule has 1 aliphatic heterocycles. The third-order valence-corrected chi connectivity index (χ3v) is 3.74. The van der Waals surface area contributed by atoms with Crippen molar-refractivity contribution in [2.45, 2.75) is 18.7 Å². The summed E-state index contributed by atoms with van der Waals surface area (Å²) in [7, 11) is 0. The molecular formula is C16H15F3N4O2. The normalized spacial score (nSPS) is 17.4. The van der Waals surface area contributed by atoms with Crippen LogP contribution in [0.25, 0.3) is 0 Å². The molecule has 1 aromatic carbocycles. The highest BCUT2D eigenvalue weighted by Gasteiger charge is 2.34. The molecular weight excluding hydrogens is 337 g/mol. The van der Waals surface area contributed by atoms with Crippen LogP contribution in [0.2, 0.25) is 0 Å². The molecule has 0 spiro atoms. The molecule has 2 heterocycles. The van der Waals surface area contributed by atoms with E-state index in [0.717, 1.165) is 6.07 Å². The van der Waals surface area contributed by atoms with E-state index in [4.69, 9.17) is 4.74 Å². The van der Waals surface area contributed by atoms with Gasteiger partial charge in [-0.15, -0.1) is 5.10 Å². The molecule has 2 amide bonds. The Bertz CT molecular complexity index is 740. The van der Waals surface area contributed by atoms with Crippen molar-refractivity contribution in [1.82, 2.24) is 15.1 Å². The SMILES string of the molecule is O=C(Nc1ccccc1C(F)(F)F)N1CCC(Oc2cccnn2)C1. The number of nitrogens with one attached hydrogen (secondary N) is 1. The maximum absolute atomic E-state index is 13.0. The number of anilines is 1. The highest BCUT2D eigenvalue weighted by Crippen LogP contribution is 2.34. The van der Waals surface area contributed by atoms with E-state index < -0.39 is 17.8 Å². The quantitative estimate of drug-likeness (QED) is 0.921. The lowest BCUT2D eigenvalue weighted by molar-refractivity contribution is -0.136. The number of carbonyl (C=O) groups is 1. The van der Waals surface area contributed by atoms with E-state index in [1.165, 1.54) is 29.3 Å². The molecule has 3 rings (SSSR count). The molecule has 132 valence electrons. The zero-order chi connectivity index (χ0) is 17.9. The highest BCUT2D eigenvalue weighted by atomic mass is 19.4. The second-order valence-electron chi connectivity index (χ2n) is 5.51. The molecule has 0 saturated carbocycles. The third kappa shape index (κ3) is 4.17. The molecule has 1 saturated heterocycles. The third-order valence-electron chi connectivity index (χ3n) is 3.74. The van der Waals surface area contributed by atoms with Crippen LogP contribution in [0.1, 0.15) is 12.0 Å². The van der Waals surface area contributed by atoms with Crippen LogP contribution in [0, 0.1) is 0 Å². The molecule has 1 atom stereocenters. The van der Waals surface area contributed by atoms with Gasteiger partial charge in [-0.2, -0.15) is 18.3 Å². The number of amides is 2. The van der Waals surface area contributed by atoms with Crippen molar-refractivity contribution in [2.24, 2.45) is 0 Å². The van der Waals surface area contributed by atoms with Crippen molar-refractivity contribution in [1.29, 1.82) is 0 Å². The fourth-order valence-corrected chi connectivity index (χ4v) is 2.56. The number of ether oxygens (including phenoxy) is 1. The number of para-hydroxylation sites is 1. The van der Waals surface area contributed by atoms with Crippen LogP contribution < -0.4 is 10.1 Å². The number of aromatic nitrogens is 2. The van der Waals surface area contributed by atoms with Gasteiger partial charge < -0.3 is 15.0 Å². The van der Waals surface area contributed by atoms with E-state index >= 15 is 0 Å². The summed E-state index contributed by atoms with van der Waals surface area (Å²) in [6.45, 7) is 0.640. The first-order valence-corrected chi connectivity index (χ1v) is 7.60. The van der Waals surface area contributed by atoms with Crippen LogP contribution >= 0.6 is 0 Å². The summed E-state index contributed by atoms with van der Waals surface area (Å²) in [5.74, 6) is 0.345. The van der Waals surface area contributed by atoms with E-state index in [-0.39, 0.29) is 18.3 Å². The molecule has 6 nitrogen and oxygen atoms in total. The van der Waals surface area contributed by atoms with Crippen molar-refractivity contribution in [3.05, 3.63) is 48.2 Å². The first kappa shape index (κ1) is 17.0. The zero-order valence-corrected chi connectivity index (χ0v) is 13.0. The summed E-state index contributed by atoms with van der Waals surface area (Å²) in [5, 5.41) is 9.82. The smallest absolute Gasteiger partial charge is 0.418 e. The van der Waals surface area contributed by atoms with Crippen molar-refractivity contribution >= 4 is 11.7 Å². The number of urea groups is 1. The molecule has 1 unspecified atom stereocenters. The van der Waals surface area contributed by atoms with Gasteiger partial charge in [0, 0.05) is 25.2 Å². The van der Waals surface area contributed by atoms with Gasteiger partial charge in [-0.25, -0.2) is 4.79 Å². The highest BCUT2D eigenvalue weighted by molar-refractivity contribution is 5.90. The van der Waals surface area contributed by atoms with Gasteiger partial charge in [0.15, 0.2) is 0 Å². The van der Waals surface area contributed by atoms with Gasteiger partial charge in [0.25, 0.3) is 0 Å². The van der Waals surface area contributed by atoms with Crippen LogP contribution in [0.15, 0.2) is 42.6 Å². The number of alkyl halides is 3. The van der Waals surface area contributed by atoms with Gasteiger partial charge in [0.2, 0.25) is 5.88 Å². The van der Waals surface area contributed by atoms with Crippen LogP contribution in [0.5, 0.6) is 5.88 Å². The number of likely N-dealkylation sites (tertiary alicyclic amines) is 1. The van der Waals surface area contributed by atoms with Crippen molar-refractivity contribution < 1.29 is 22.7 Å². The van der Waals surface area contributed by atoms with E-state index in [1.807, 2.05) is 0 Å². The van der Waals surface area contributed by atoms with E-state index in [0.29, 0.717) is 18.8 Å². The Morgan fingerprint density at radius 3 is 2.76 bits per heavy atom. The first-order valence-electron chi connectivity index (χ1n) is 7.60. The molecule has 9 heteroatoms. The minimum Gasteiger partial charge on any atom is -0.471 e. The molecule has 0 bridgehead atoms. The largest absolute Gasteiger partial charge is 0.471 e. The number of benzene rings is 1. The molecule has 25 heavy (non-hydrogen) atoms. The maximum atomic E-state index is 13.0. The van der Waals surface area contributed by atoms with Gasteiger partial charge in [0.05, 0.1) is 17.8 Å². The van der Waals surface area contributed by atoms with Gasteiger partial charge in [0.1, 0.15) is 6.10 Å². The Balaban J connectivity index is 1.62. The fraction of sp³-hybridized carbons (Fsp3) is 0.312. The first-order chi connectivity index (χ1) is 11.9. The summed E-state index contributed by atoms with van der Waals surface area (Å²) < 4.78 is 44.6. The molecule has 0 aliphatic carbocycles. The van der Waals surface area contributed by atoms with Gasteiger partial charge in [-0.1, -0.05) is 12.1 Å². The van der Waals surface area contributed by atoms with Crippen LogP contribution in [0.4, 0.5) is 23.7 Å². The number of rotatable bonds is 3. The monoisotopic (exact) mass is 352 g/mol. The number of carbonyl (C=O) groups excluding carboxylic acids is 1. The molecule has 1 aromatic heterocycles. The van der Waals surface area contributed by atoms with Crippen molar-refractivity contribution in [2.75, 3.05) is 18.4 Å². The molecule has 2 aromatic rings. The lowest BCUT2D eigenvalue weighted by Gasteiger charge is -2.19. The minimum absolute atomic E-state index is 0.261. The minimum atomic E-state index is -4.54. The Labute approximate surface area is 141 Å². The number of hydrogen-bond donors (Lipinski definition) is 1. The van der Waals surface area contributed by atoms with Crippen molar-refractivity contribution in [3.8, 4) is 5.88 Å². The number of hydrogen-bond acceptors (Lipinski definition) is 4. The molecule has 1 N–H and O–H groups in total. The Morgan fingerprint density at radius 2 is 2.04 bits per heavy atom. The molecule has 1 fully saturated rings. The lowest BCUT2D eigenvalue weighted by atomic mass is 10.1.